The van der Waals surface area contributed by atoms with Gasteiger partial charge < -0.3 is 5.73 Å². The highest BCUT2D eigenvalue weighted by Crippen LogP contribution is 2.03. The molecule has 84 valence electrons. The molecule has 15 heavy (non-hydrogen) atoms. The summed E-state index contributed by atoms with van der Waals surface area (Å²) in [5, 5.41) is 13.0. The molecule has 0 aromatic carbocycles. The van der Waals surface area contributed by atoms with E-state index in [9.17, 15) is 8.42 Å². The fourth-order valence-electron chi connectivity index (χ4n) is 0.815. The Kier molecular flexibility index (Phi) is 3.43. The van der Waals surface area contributed by atoms with Gasteiger partial charge in [0.25, 0.3) is 10.0 Å². The molecule has 1 heterocycles. The largest absolute Gasteiger partial charge is 0.387 e. The van der Waals surface area contributed by atoms with Crippen LogP contribution in [0.3, 0.4) is 0 Å². The molecular formula is C7H13N5O2S. The van der Waals surface area contributed by atoms with Crippen molar-refractivity contribution < 1.29 is 8.42 Å². The number of amidine groups is 1. The zero-order valence-corrected chi connectivity index (χ0v) is 9.00. The van der Waals surface area contributed by atoms with Gasteiger partial charge in [0.2, 0.25) is 0 Å². The molecule has 0 aliphatic rings. The van der Waals surface area contributed by atoms with Gasteiger partial charge in [-0.05, 0) is 6.07 Å². The molecule has 0 bridgehead atoms. The van der Waals surface area contributed by atoms with Crippen molar-refractivity contribution in [1.82, 2.24) is 14.9 Å². The molecule has 1 atom stereocenters. The van der Waals surface area contributed by atoms with Crippen LogP contribution in [0.4, 0.5) is 0 Å². The van der Waals surface area contributed by atoms with Gasteiger partial charge in [0.05, 0.1) is 12.0 Å². The number of nitrogens with one attached hydrogen (secondary N) is 3. The minimum Gasteiger partial charge on any atom is -0.387 e. The zero-order chi connectivity index (χ0) is 11.5. The maximum atomic E-state index is 11.5. The van der Waals surface area contributed by atoms with Gasteiger partial charge in [0.1, 0.15) is 0 Å². The summed E-state index contributed by atoms with van der Waals surface area (Å²) in [6.45, 7) is 1.76. The molecule has 8 heteroatoms. The summed E-state index contributed by atoms with van der Waals surface area (Å²) in [5.74, 6) is -0.384. The third kappa shape index (κ3) is 3.03. The lowest BCUT2D eigenvalue weighted by molar-refractivity contribution is 0.570. The van der Waals surface area contributed by atoms with Gasteiger partial charge in [0.15, 0.2) is 5.03 Å². The average Bonchev–Trinajstić information content (AvgIpc) is 2.67. The summed E-state index contributed by atoms with van der Waals surface area (Å²) in [6, 6.07) is 1.35. The minimum atomic E-state index is -3.57. The highest BCUT2D eigenvalue weighted by atomic mass is 32.2. The van der Waals surface area contributed by atoms with Crippen LogP contribution < -0.4 is 10.5 Å². The molecule has 0 spiro atoms. The standard InChI is InChI=1S/C7H13N5O2S/c1-5(7(8)9)4-11-15(13,14)6-2-3-10-12-6/h2-3,5,11H,4H2,1H3,(H3,8,9)(H,10,12). The van der Waals surface area contributed by atoms with E-state index in [4.69, 9.17) is 11.1 Å². The van der Waals surface area contributed by atoms with E-state index in [2.05, 4.69) is 14.9 Å². The lowest BCUT2D eigenvalue weighted by Crippen LogP contribution is -2.34. The van der Waals surface area contributed by atoms with E-state index < -0.39 is 10.0 Å². The number of nitrogens with two attached hydrogens (primary N) is 1. The molecule has 1 rings (SSSR count). The van der Waals surface area contributed by atoms with Crippen molar-refractivity contribution in [3.05, 3.63) is 12.3 Å². The van der Waals surface area contributed by atoms with Crippen LogP contribution in [0.1, 0.15) is 6.92 Å². The van der Waals surface area contributed by atoms with Crippen molar-refractivity contribution in [3.63, 3.8) is 0 Å². The minimum absolute atomic E-state index is 0.00162. The first-order chi connectivity index (χ1) is 6.93. The van der Waals surface area contributed by atoms with Gasteiger partial charge in [-0.3, -0.25) is 10.5 Å². The maximum Gasteiger partial charge on any atom is 0.257 e. The normalized spacial score (nSPS) is 13.7. The number of aromatic amines is 1. The Morgan fingerprint density at radius 2 is 2.47 bits per heavy atom. The SMILES string of the molecule is CC(CNS(=O)(=O)c1ccn[nH]1)C(=N)N. The molecule has 0 aliphatic heterocycles. The second kappa shape index (κ2) is 4.41. The summed E-state index contributed by atoms with van der Waals surface area (Å²) in [7, 11) is -3.57. The Morgan fingerprint density at radius 1 is 1.80 bits per heavy atom. The molecule has 0 radical (unpaired) electrons. The molecule has 7 nitrogen and oxygen atoms in total. The number of sulfonamides is 1. The number of aromatic nitrogens is 2. The second-order valence-electron chi connectivity index (χ2n) is 3.13. The highest BCUT2D eigenvalue weighted by Gasteiger charge is 2.16. The van der Waals surface area contributed by atoms with Crippen LogP contribution in [0.2, 0.25) is 0 Å². The van der Waals surface area contributed by atoms with Gasteiger partial charge in [-0.2, -0.15) is 5.10 Å². The molecule has 0 amide bonds. The van der Waals surface area contributed by atoms with E-state index in [-0.39, 0.29) is 23.3 Å². The Balaban J connectivity index is 2.63. The molecule has 0 fully saturated rings. The fourth-order valence-corrected chi connectivity index (χ4v) is 1.85. The van der Waals surface area contributed by atoms with E-state index in [0.29, 0.717) is 0 Å². The fraction of sp³-hybridized carbons (Fsp3) is 0.429. The van der Waals surface area contributed by atoms with E-state index in [1.807, 2.05) is 0 Å². The number of nitrogens with zero attached hydrogens (tertiary/aromatic N) is 1. The van der Waals surface area contributed by atoms with Gasteiger partial charge in [0, 0.05) is 12.5 Å². The van der Waals surface area contributed by atoms with Crippen molar-refractivity contribution in [3.8, 4) is 0 Å². The summed E-state index contributed by atoms with van der Waals surface area (Å²) in [5.41, 5.74) is 5.21. The van der Waals surface area contributed by atoms with E-state index in [1.54, 1.807) is 6.92 Å². The van der Waals surface area contributed by atoms with Crippen molar-refractivity contribution in [2.24, 2.45) is 11.7 Å². The molecule has 5 N–H and O–H groups in total. The van der Waals surface area contributed by atoms with Gasteiger partial charge in [-0.1, -0.05) is 6.92 Å². The first kappa shape index (κ1) is 11.7. The maximum absolute atomic E-state index is 11.5. The first-order valence-electron chi connectivity index (χ1n) is 4.26. The van der Waals surface area contributed by atoms with Crippen molar-refractivity contribution in [2.45, 2.75) is 11.9 Å². The smallest absolute Gasteiger partial charge is 0.257 e. The number of rotatable bonds is 5. The predicted molar refractivity (Wildman–Crippen MR) is 54.9 cm³/mol. The summed E-state index contributed by atoms with van der Waals surface area (Å²) in [6.07, 6.45) is 1.35. The molecule has 0 saturated heterocycles. The Labute approximate surface area is 87.6 Å². The van der Waals surface area contributed by atoms with Crippen LogP contribution >= 0.6 is 0 Å². The molecule has 1 aromatic rings. The topological polar surface area (TPSA) is 125 Å². The van der Waals surface area contributed by atoms with E-state index in [1.165, 1.54) is 12.3 Å². The lowest BCUT2D eigenvalue weighted by atomic mass is 10.2. The average molecular weight is 231 g/mol. The van der Waals surface area contributed by atoms with Gasteiger partial charge in [-0.15, -0.1) is 0 Å². The van der Waals surface area contributed by atoms with E-state index in [0.717, 1.165) is 0 Å². The Hall–Kier alpha value is -1.41. The van der Waals surface area contributed by atoms with Crippen LogP contribution in [0.15, 0.2) is 17.3 Å². The first-order valence-corrected chi connectivity index (χ1v) is 5.75. The molecule has 1 aromatic heterocycles. The Bertz CT molecular complexity index is 424. The monoisotopic (exact) mass is 231 g/mol. The van der Waals surface area contributed by atoms with Crippen LogP contribution in [0.25, 0.3) is 0 Å². The third-order valence-corrected chi connectivity index (χ3v) is 3.23. The van der Waals surface area contributed by atoms with Gasteiger partial charge >= 0.3 is 0 Å². The Morgan fingerprint density at radius 3 is 2.93 bits per heavy atom. The van der Waals surface area contributed by atoms with Crippen molar-refractivity contribution in [2.75, 3.05) is 6.54 Å². The van der Waals surface area contributed by atoms with Crippen LogP contribution in [-0.4, -0.2) is 31.0 Å². The predicted octanol–water partition coefficient (Wildman–Crippen LogP) is -0.740. The molecule has 0 aliphatic carbocycles. The lowest BCUT2D eigenvalue weighted by Gasteiger charge is -2.10. The second-order valence-corrected chi connectivity index (χ2v) is 4.86. The van der Waals surface area contributed by atoms with Crippen LogP contribution in [-0.2, 0) is 10.0 Å². The number of hydrogen-bond acceptors (Lipinski definition) is 4. The molecule has 0 saturated carbocycles. The summed E-state index contributed by atoms with van der Waals surface area (Å²) >= 11 is 0. The number of H-pyrrole nitrogens is 1. The number of hydrogen-bond donors (Lipinski definition) is 4. The molecular weight excluding hydrogens is 218 g/mol. The third-order valence-electron chi connectivity index (χ3n) is 1.88. The summed E-state index contributed by atoms with van der Waals surface area (Å²) in [4.78, 5) is 0. The molecule has 1 unspecified atom stereocenters. The summed E-state index contributed by atoms with van der Waals surface area (Å²) < 4.78 is 25.4. The van der Waals surface area contributed by atoms with Crippen LogP contribution in [0.5, 0.6) is 0 Å². The quantitative estimate of drug-likeness (QED) is 0.393. The van der Waals surface area contributed by atoms with Crippen molar-refractivity contribution in [1.29, 1.82) is 5.41 Å². The van der Waals surface area contributed by atoms with Gasteiger partial charge in [-0.25, -0.2) is 13.1 Å². The van der Waals surface area contributed by atoms with Crippen LogP contribution in [0, 0.1) is 11.3 Å². The highest BCUT2D eigenvalue weighted by molar-refractivity contribution is 7.89. The van der Waals surface area contributed by atoms with Crippen molar-refractivity contribution >= 4 is 15.9 Å². The zero-order valence-electron chi connectivity index (χ0n) is 8.19. The van der Waals surface area contributed by atoms with E-state index >= 15 is 0 Å².